The molecule has 1 aliphatic rings. The topological polar surface area (TPSA) is 66.5 Å². The lowest BCUT2D eigenvalue weighted by atomic mass is 10.1. The predicted octanol–water partition coefficient (Wildman–Crippen LogP) is 2.47. The number of rotatable bonds is 5. The second-order valence-electron chi connectivity index (χ2n) is 5.04. The molecule has 0 bridgehead atoms. The number of tetrazole rings is 1. The van der Waals surface area contributed by atoms with E-state index in [4.69, 9.17) is 0 Å². The van der Waals surface area contributed by atoms with Gasteiger partial charge in [-0.15, -0.1) is 10.2 Å². The summed E-state index contributed by atoms with van der Waals surface area (Å²) in [6.45, 7) is 2.24. The Bertz CT molecular complexity index is 504. The van der Waals surface area contributed by atoms with E-state index in [1.807, 2.05) is 12.1 Å². The number of aromatic amines is 1. The van der Waals surface area contributed by atoms with Gasteiger partial charge in [0.15, 0.2) is 0 Å². The molecular formula is C13H17N5. The molecule has 2 N–H and O–H groups in total. The van der Waals surface area contributed by atoms with Crippen LogP contribution in [0, 0.1) is 5.92 Å². The van der Waals surface area contributed by atoms with E-state index in [-0.39, 0.29) is 0 Å². The fourth-order valence-electron chi connectivity index (χ4n) is 2.23. The van der Waals surface area contributed by atoms with Crippen molar-refractivity contribution >= 4 is 5.69 Å². The average Bonchev–Trinajstić information content (AvgIpc) is 3.00. The van der Waals surface area contributed by atoms with E-state index >= 15 is 0 Å². The van der Waals surface area contributed by atoms with Crippen molar-refractivity contribution in [1.29, 1.82) is 0 Å². The summed E-state index contributed by atoms with van der Waals surface area (Å²) < 4.78 is 0. The predicted molar refractivity (Wildman–Crippen MR) is 70.0 cm³/mol. The fraction of sp³-hybridized carbons (Fsp3) is 0.462. The maximum Gasteiger partial charge on any atom is 0.204 e. The Labute approximate surface area is 106 Å². The van der Waals surface area contributed by atoms with Crippen molar-refractivity contribution in [3.8, 4) is 11.4 Å². The molecule has 1 heterocycles. The SMILES string of the molecule is CC(CC1CC1)Nc1cccc(-c2nn[nH]n2)c1. The zero-order valence-electron chi connectivity index (χ0n) is 10.4. The lowest BCUT2D eigenvalue weighted by Gasteiger charge is -2.15. The zero-order valence-corrected chi connectivity index (χ0v) is 10.4. The van der Waals surface area contributed by atoms with Crippen LogP contribution in [0.4, 0.5) is 5.69 Å². The molecule has 18 heavy (non-hydrogen) atoms. The van der Waals surface area contributed by atoms with E-state index in [1.54, 1.807) is 0 Å². The Kier molecular flexibility index (Phi) is 2.96. The van der Waals surface area contributed by atoms with E-state index in [9.17, 15) is 0 Å². The quantitative estimate of drug-likeness (QED) is 0.846. The smallest absolute Gasteiger partial charge is 0.204 e. The molecule has 1 unspecified atom stereocenters. The molecule has 0 amide bonds. The van der Waals surface area contributed by atoms with Gasteiger partial charge in [0, 0.05) is 17.3 Å². The maximum absolute atomic E-state index is 3.99. The molecule has 1 fully saturated rings. The first-order valence-electron chi connectivity index (χ1n) is 6.41. The van der Waals surface area contributed by atoms with Crippen molar-refractivity contribution in [1.82, 2.24) is 20.6 Å². The van der Waals surface area contributed by atoms with Gasteiger partial charge in [0.2, 0.25) is 5.82 Å². The third-order valence-electron chi connectivity index (χ3n) is 3.26. The Balaban J connectivity index is 1.70. The molecule has 94 valence electrons. The molecule has 0 spiro atoms. The molecule has 1 atom stereocenters. The summed E-state index contributed by atoms with van der Waals surface area (Å²) in [5, 5.41) is 17.6. The van der Waals surface area contributed by atoms with Gasteiger partial charge in [-0.1, -0.05) is 25.0 Å². The van der Waals surface area contributed by atoms with Gasteiger partial charge < -0.3 is 5.32 Å². The third-order valence-corrected chi connectivity index (χ3v) is 3.26. The van der Waals surface area contributed by atoms with Crippen molar-refractivity contribution in [2.24, 2.45) is 5.92 Å². The first kappa shape index (κ1) is 11.2. The molecule has 1 aliphatic carbocycles. The average molecular weight is 243 g/mol. The highest BCUT2D eigenvalue weighted by molar-refractivity contribution is 5.61. The van der Waals surface area contributed by atoms with Gasteiger partial charge in [-0.3, -0.25) is 0 Å². The summed E-state index contributed by atoms with van der Waals surface area (Å²) in [6.07, 6.45) is 4.05. The van der Waals surface area contributed by atoms with Crippen molar-refractivity contribution in [2.45, 2.75) is 32.2 Å². The summed E-state index contributed by atoms with van der Waals surface area (Å²) in [5.74, 6) is 1.57. The number of hydrogen-bond acceptors (Lipinski definition) is 4. The largest absolute Gasteiger partial charge is 0.383 e. The van der Waals surface area contributed by atoms with Crippen LogP contribution in [-0.4, -0.2) is 26.7 Å². The molecule has 1 aromatic heterocycles. The van der Waals surface area contributed by atoms with Crippen LogP contribution in [0.15, 0.2) is 24.3 Å². The van der Waals surface area contributed by atoms with Crippen molar-refractivity contribution in [2.75, 3.05) is 5.32 Å². The zero-order chi connectivity index (χ0) is 12.4. The lowest BCUT2D eigenvalue weighted by Crippen LogP contribution is -2.15. The summed E-state index contributed by atoms with van der Waals surface area (Å²) in [6, 6.07) is 8.65. The minimum atomic E-state index is 0.512. The van der Waals surface area contributed by atoms with Crippen LogP contribution in [0.3, 0.4) is 0 Å². The van der Waals surface area contributed by atoms with Gasteiger partial charge in [-0.25, -0.2) is 0 Å². The van der Waals surface area contributed by atoms with Gasteiger partial charge in [0.05, 0.1) is 0 Å². The minimum Gasteiger partial charge on any atom is -0.383 e. The van der Waals surface area contributed by atoms with E-state index in [2.05, 4.69) is 45.0 Å². The highest BCUT2D eigenvalue weighted by Crippen LogP contribution is 2.34. The van der Waals surface area contributed by atoms with Gasteiger partial charge in [-0.2, -0.15) is 5.21 Å². The number of nitrogens with zero attached hydrogens (tertiary/aromatic N) is 3. The number of anilines is 1. The van der Waals surface area contributed by atoms with E-state index in [0.717, 1.165) is 17.2 Å². The maximum atomic E-state index is 3.99. The van der Waals surface area contributed by atoms with Crippen LogP contribution < -0.4 is 5.32 Å². The Morgan fingerprint density at radius 2 is 2.33 bits per heavy atom. The van der Waals surface area contributed by atoms with Gasteiger partial charge in [0.1, 0.15) is 0 Å². The first-order valence-corrected chi connectivity index (χ1v) is 6.41. The number of nitrogens with one attached hydrogen (secondary N) is 2. The number of H-pyrrole nitrogens is 1. The molecule has 5 heteroatoms. The summed E-state index contributed by atoms with van der Waals surface area (Å²) in [7, 11) is 0. The number of hydrogen-bond donors (Lipinski definition) is 2. The fourth-order valence-corrected chi connectivity index (χ4v) is 2.23. The summed E-state index contributed by atoms with van der Waals surface area (Å²) in [4.78, 5) is 0. The van der Waals surface area contributed by atoms with Crippen LogP contribution in [0.5, 0.6) is 0 Å². The number of aromatic nitrogens is 4. The standard InChI is InChI=1S/C13H17N5/c1-9(7-10-5-6-10)14-12-4-2-3-11(8-12)13-15-17-18-16-13/h2-4,8-10,14H,5-7H2,1H3,(H,15,16,17,18). The van der Waals surface area contributed by atoms with Crippen molar-refractivity contribution in [3.05, 3.63) is 24.3 Å². The summed E-state index contributed by atoms with van der Waals surface area (Å²) in [5.41, 5.74) is 2.10. The van der Waals surface area contributed by atoms with Gasteiger partial charge in [-0.05, 0) is 36.6 Å². The Morgan fingerprint density at radius 3 is 3.06 bits per heavy atom. The molecule has 0 saturated heterocycles. The molecule has 1 aromatic carbocycles. The second kappa shape index (κ2) is 4.76. The Morgan fingerprint density at radius 1 is 1.44 bits per heavy atom. The molecular weight excluding hydrogens is 226 g/mol. The Hall–Kier alpha value is -1.91. The van der Waals surface area contributed by atoms with E-state index in [0.29, 0.717) is 11.9 Å². The van der Waals surface area contributed by atoms with Crippen LogP contribution in [0.1, 0.15) is 26.2 Å². The van der Waals surface area contributed by atoms with Gasteiger partial charge in [0.25, 0.3) is 0 Å². The molecule has 0 aliphatic heterocycles. The minimum absolute atomic E-state index is 0.512. The van der Waals surface area contributed by atoms with Crippen LogP contribution in [0.2, 0.25) is 0 Å². The second-order valence-corrected chi connectivity index (χ2v) is 5.04. The number of benzene rings is 1. The lowest BCUT2D eigenvalue weighted by molar-refractivity contribution is 0.642. The monoisotopic (exact) mass is 243 g/mol. The third kappa shape index (κ3) is 2.67. The molecule has 2 aromatic rings. The van der Waals surface area contributed by atoms with Crippen LogP contribution in [-0.2, 0) is 0 Å². The highest BCUT2D eigenvalue weighted by Gasteiger charge is 2.23. The summed E-state index contributed by atoms with van der Waals surface area (Å²) >= 11 is 0. The molecule has 0 radical (unpaired) electrons. The van der Waals surface area contributed by atoms with E-state index in [1.165, 1.54) is 19.3 Å². The van der Waals surface area contributed by atoms with E-state index < -0.39 is 0 Å². The molecule has 3 rings (SSSR count). The normalized spacial score (nSPS) is 16.5. The molecule has 5 nitrogen and oxygen atoms in total. The van der Waals surface area contributed by atoms with Crippen molar-refractivity contribution in [3.63, 3.8) is 0 Å². The van der Waals surface area contributed by atoms with Gasteiger partial charge >= 0.3 is 0 Å². The van der Waals surface area contributed by atoms with Crippen molar-refractivity contribution < 1.29 is 0 Å². The molecule has 1 saturated carbocycles. The van der Waals surface area contributed by atoms with Crippen LogP contribution in [0.25, 0.3) is 11.4 Å². The highest BCUT2D eigenvalue weighted by atomic mass is 15.5. The van der Waals surface area contributed by atoms with Crippen LogP contribution >= 0.6 is 0 Å². The first-order chi connectivity index (χ1) is 8.81.